The largest absolute Gasteiger partial charge is 0.444 e. The average Bonchev–Trinajstić information content (AvgIpc) is 3.12. The first-order valence-corrected chi connectivity index (χ1v) is 13.0. The van der Waals surface area contributed by atoms with E-state index in [0.29, 0.717) is 38.3 Å². The molecule has 2 heterocycles. The van der Waals surface area contributed by atoms with Crippen molar-refractivity contribution in [2.45, 2.75) is 87.9 Å². The summed E-state index contributed by atoms with van der Waals surface area (Å²) in [6.07, 6.45) is 3.79. The predicted molar refractivity (Wildman–Crippen MR) is 125 cm³/mol. The Hall–Kier alpha value is -1.96. The maximum Gasteiger partial charge on any atom is 0.410 e. The van der Waals surface area contributed by atoms with Crippen molar-refractivity contribution >= 4 is 12.0 Å². The summed E-state index contributed by atoms with van der Waals surface area (Å²) in [4.78, 5) is 26.3. The van der Waals surface area contributed by atoms with E-state index < -0.39 is 18.3 Å². The molecule has 9 nitrogen and oxygen atoms in total. The van der Waals surface area contributed by atoms with Gasteiger partial charge in [-0.15, -0.1) is 0 Å². The van der Waals surface area contributed by atoms with Gasteiger partial charge in [0.25, 0.3) is 5.91 Å². The molecule has 0 radical (unpaired) electrons. The topological polar surface area (TPSA) is 113 Å². The van der Waals surface area contributed by atoms with Crippen molar-refractivity contribution < 1.29 is 28.2 Å². The van der Waals surface area contributed by atoms with E-state index in [0.717, 1.165) is 38.6 Å². The molecule has 2 saturated carbocycles. The van der Waals surface area contributed by atoms with Gasteiger partial charge in [0.1, 0.15) is 24.4 Å². The molecule has 196 valence electrons. The number of nitrogens with one attached hydrogen (secondary N) is 2. The van der Waals surface area contributed by atoms with Crippen LogP contribution in [0.25, 0.3) is 0 Å². The number of nitrogens with zero attached hydrogens (tertiary/aromatic N) is 2. The fraction of sp³-hybridized carbons (Fsp3) is 0.880. The molecule has 4 aliphatic rings. The number of alkyl halides is 1. The third kappa shape index (κ3) is 6.25. The lowest BCUT2D eigenvalue weighted by Crippen LogP contribution is -2.49. The fourth-order valence-corrected chi connectivity index (χ4v) is 6.30. The second kappa shape index (κ2) is 11.8. The number of hydrogen-bond acceptors (Lipinski definition) is 7. The summed E-state index contributed by atoms with van der Waals surface area (Å²) in [7, 11) is 3.40. The molecule has 0 aromatic heterocycles. The molecule has 2 aliphatic heterocycles. The minimum Gasteiger partial charge on any atom is -0.444 e. The van der Waals surface area contributed by atoms with Crippen LogP contribution in [-0.4, -0.2) is 87.3 Å². The molecular weight excluding hydrogens is 455 g/mol. The standard InChI is InChI=1S/C25H39FN4O5/c1-30-21-11-16(5-6-22(21)35-25(30)32)15-3-4-17(20(26)10-15)9-18(12-27)29-24(31)23-13-28-8-7-19(33-2)14-34-23/h15-23,28H,3-11,13-14H2,1-2H3,(H,29,31)/t15?,16?,17?,18-,19+,20?,21?,22?,23-/m0/s1. The van der Waals surface area contributed by atoms with E-state index in [9.17, 15) is 14.9 Å². The van der Waals surface area contributed by atoms with Gasteiger partial charge in [-0.1, -0.05) is 0 Å². The molecular formula is C25H39FN4O5. The van der Waals surface area contributed by atoms with Crippen molar-refractivity contribution in [3.63, 3.8) is 0 Å². The second-order valence-electron chi connectivity index (χ2n) is 10.6. The number of nitriles is 1. The number of halogens is 1. The zero-order valence-electron chi connectivity index (χ0n) is 20.8. The van der Waals surface area contributed by atoms with Crippen LogP contribution in [0.5, 0.6) is 0 Å². The lowest BCUT2D eigenvalue weighted by molar-refractivity contribution is -0.136. The molecule has 0 aromatic rings. The Morgan fingerprint density at radius 1 is 1.29 bits per heavy atom. The van der Waals surface area contributed by atoms with E-state index in [1.54, 1.807) is 19.1 Å². The molecule has 0 spiro atoms. The molecule has 4 rings (SSSR count). The van der Waals surface area contributed by atoms with Gasteiger partial charge in [0.15, 0.2) is 0 Å². The molecule has 9 atom stereocenters. The number of carbonyl (C=O) groups is 2. The highest BCUT2D eigenvalue weighted by molar-refractivity contribution is 5.81. The van der Waals surface area contributed by atoms with Crippen LogP contribution in [0.15, 0.2) is 0 Å². The maximum atomic E-state index is 15.3. The van der Waals surface area contributed by atoms with Crippen LogP contribution in [0.3, 0.4) is 0 Å². The number of likely N-dealkylation sites (N-methyl/N-ethyl adjacent to an activating group) is 1. The molecule has 2 aliphatic carbocycles. The monoisotopic (exact) mass is 494 g/mol. The van der Waals surface area contributed by atoms with Crippen molar-refractivity contribution in [1.82, 2.24) is 15.5 Å². The van der Waals surface area contributed by atoms with E-state index in [1.807, 2.05) is 0 Å². The molecule has 4 fully saturated rings. The van der Waals surface area contributed by atoms with Crippen molar-refractivity contribution in [2.75, 3.05) is 33.9 Å². The third-order valence-corrected chi connectivity index (χ3v) is 8.54. The van der Waals surface area contributed by atoms with Crippen LogP contribution >= 0.6 is 0 Å². The average molecular weight is 495 g/mol. The summed E-state index contributed by atoms with van der Waals surface area (Å²) in [6, 6.07) is 1.49. The summed E-state index contributed by atoms with van der Waals surface area (Å²) in [5.74, 6) is 0.0725. The zero-order chi connectivity index (χ0) is 24.9. The van der Waals surface area contributed by atoms with E-state index in [-0.39, 0.29) is 42.1 Å². The van der Waals surface area contributed by atoms with Crippen LogP contribution in [0.2, 0.25) is 0 Å². The number of fused-ring (bicyclic) bond motifs is 1. The molecule has 2 saturated heterocycles. The van der Waals surface area contributed by atoms with Crippen molar-refractivity contribution in [3.8, 4) is 6.07 Å². The van der Waals surface area contributed by atoms with Crippen LogP contribution in [0.1, 0.15) is 51.4 Å². The summed E-state index contributed by atoms with van der Waals surface area (Å²) < 4.78 is 31.8. The minimum atomic E-state index is -1.000. The number of hydrogen-bond donors (Lipinski definition) is 2. The van der Waals surface area contributed by atoms with Gasteiger partial charge in [-0.3, -0.25) is 4.79 Å². The SMILES string of the molecule is CO[C@@H]1CCNC[C@@H](C(=O)N[C@H](C#N)CC2CCC(C3CCC4OC(=O)N(C)C4C3)CC2F)OC1. The highest BCUT2D eigenvalue weighted by atomic mass is 19.1. The van der Waals surface area contributed by atoms with Gasteiger partial charge in [-0.05, 0) is 75.7 Å². The quantitative estimate of drug-likeness (QED) is 0.582. The third-order valence-electron chi connectivity index (χ3n) is 8.54. The number of amides is 2. The van der Waals surface area contributed by atoms with Crippen LogP contribution in [-0.2, 0) is 19.0 Å². The Morgan fingerprint density at radius 3 is 2.80 bits per heavy atom. The van der Waals surface area contributed by atoms with Crippen molar-refractivity contribution in [3.05, 3.63) is 0 Å². The van der Waals surface area contributed by atoms with E-state index >= 15 is 4.39 Å². The van der Waals surface area contributed by atoms with E-state index in [1.165, 1.54) is 0 Å². The molecule has 2 amide bonds. The number of carbonyl (C=O) groups excluding carboxylic acids is 2. The first-order valence-electron chi connectivity index (χ1n) is 13.0. The highest BCUT2D eigenvalue weighted by Gasteiger charge is 2.46. The number of rotatable bonds is 6. The van der Waals surface area contributed by atoms with E-state index in [2.05, 4.69) is 16.7 Å². The first kappa shape index (κ1) is 26.1. The number of ether oxygens (including phenoxy) is 3. The maximum absolute atomic E-state index is 15.3. The molecule has 2 N–H and O–H groups in total. The van der Waals surface area contributed by atoms with Crippen LogP contribution in [0.4, 0.5) is 9.18 Å². The molecule has 6 unspecified atom stereocenters. The molecule has 35 heavy (non-hydrogen) atoms. The van der Waals surface area contributed by atoms with Gasteiger partial charge in [0.2, 0.25) is 0 Å². The van der Waals surface area contributed by atoms with Gasteiger partial charge >= 0.3 is 6.09 Å². The summed E-state index contributed by atoms with van der Waals surface area (Å²) in [5.41, 5.74) is 0. The lowest BCUT2D eigenvalue weighted by Gasteiger charge is -2.41. The first-order chi connectivity index (χ1) is 16.9. The van der Waals surface area contributed by atoms with Crippen LogP contribution in [0, 0.1) is 29.1 Å². The Labute approximate surface area is 207 Å². The minimum absolute atomic E-state index is 0.0290. The van der Waals surface area contributed by atoms with Gasteiger partial charge < -0.3 is 29.7 Å². The molecule has 10 heteroatoms. The van der Waals surface area contributed by atoms with Crippen molar-refractivity contribution in [2.24, 2.45) is 17.8 Å². The second-order valence-corrected chi connectivity index (χ2v) is 10.6. The normalized spacial score (nSPS) is 38.9. The Balaban J connectivity index is 1.25. The smallest absolute Gasteiger partial charge is 0.410 e. The lowest BCUT2D eigenvalue weighted by atomic mass is 9.68. The van der Waals surface area contributed by atoms with Gasteiger partial charge in [-0.2, -0.15) is 5.26 Å². The van der Waals surface area contributed by atoms with Gasteiger partial charge in [-0.25, -0.2) is 9.18 Å². The Bertz CT molecular complexity index is 794. The number of methoxy groups -OCH3 is 1. The summed E-state index contributed by atoms with van der Waals surface area (Å²) in [6.45, 7) is 1.41. The highest BCUT2D eigenvalue weighted by Crippen LogP contribution is 2.44. The Kier molecular flexibility index (Phi) is 8.84. The fourth-order valence-electron chi connectivity index (χ4n) is 6.30. The van der Waals surface area contributed by atoms with Gasteiger partial charge in [0.05, 0.1) is 24.8 Å². The predicted octanol–water partition coefficient (Wildman–Crippen LogP) is 2.15. The summed E-state index contributed by atoms with van der Waals surface area (Å²) in [5, 5.41) is 15.6. The zero-order valence-corrected chi connectivity index (χ0v) is 20.8. The molecule has 0 bridgehead atoms. The van der Waals surface area contributed by atoms with E-state index in [4.69, 9.17) is 14.2 Å². The Morgan fingerprint density at radius 2 is 2.06 bits per heavy atom. The van der Waals surface area contributed by atoms with Crippen LogP contribution < -0.4 is 10.6 Å². The van der Waals surface area contributed by atoms with Gasteiger partial charge in [0, 0.05) is 20.7 Å². The molecule has 0 aromatic carbocycles. The summed E-state index contributed by atoms with van der Waals surface area (Å²) >= 11 is 0. The van der Waals surface area contributed by atoms with Crippen molar-refractivity contribution in [1.29, 1.82) is 5.26 Å².